The number of hydrogen-bond acceptors (Lipinski definition) is 1. The fourth-order valence-electron chi connectivity index (χ4n) is 11.5. The Morgan fingerprint density at radius 1 is 0.237 bits per heavy atom. The van der Waals surface area contributed by atoms with Gasteiger partial charge in [0, 0.05) is 38.9 Å². The minimum Gasteiger partial charge on any atom is -0.310 e. The van der Waals surface area contributed by atoms with Gasteiger partial charge in [0.25, 0.3) is 0 Å². The Morgan fingerprint density at radius 2 is 0.684 bits per heavy atom. The Bertz CT molecular complexity index is 4340. The molecule has 2 nitrogen and oxygen atoms in total. The van der Waals surface area contributed by atoms with Crippen LogP contribution in [-0.4, -0.2) is 4.57 Å². The van der Waals surface area contributed by atoms with Gasteiger partial charge in [-0.2, -0.15) is 0 Å². The summed E-state index contributed by atoms with van der Waals surface area (Å²) in [5.74, 6) is 0. The summed E-state index contributed by atoms with van der Waals surface area (Å²) in [5, 5.41) is 7.42. The van der Waals surface area contributed by atoms with Crippen molar-refractivity contribution in [1.82, 2.24) is 4.57 Å². The molecule has 0 saturated carbocycles. The van der Waals surface area contributed by atoms with Gasteiger partial charge in [-0.1, -0.05) is 224 Å². The second-order valence-electron chi connectivity index (χ2n) is 19.7. The molecule has 356 valence electrons. The molecule has 2 heteroatoms. The number of hydrogen-bond donors (Lipinski definition) is 0. The molecule has 0 bridgehead atoms. The molecule has 0 N–H and O–H groups in total. The first kappa shape index (κ1) is 44.7. The van der Waals surface area contributed by atoms with Gasteiger partial charge in [0.15, 0.2) is 0 Å². The summed E-state index contributed by atoms with van der Waals surface area (Å²) in [5.41, 5.74) is 21.0. The number of fused-ring (bicyclic) bond motifs is 6. The molecule has 0 spiro atoms. The van der Waals surface area contributed by atoms with E-state index in [4.69, 9.17) is 0 Å². The average Bonchev–Trinajstić information content (AvgIpc) is 3.99. The van der Waals surface area contributed by atoms with Crippen LogP contribution in [0.25, 0.3) is 116 Å². The zero-order valence-electron chi connectivity index (χ0n) is 41.8. The molecular weight excluding hydrogens is 917 g/mol. The van der Waals surface area contributed by atoms with Gasteiger partial charge in [0.2, 0.25) is 0 Å². The molecule has 76 heavy (non-hydrogen) atoms. The highest BCUT2D eigenvalue weighted by Crippen LogP contribution is 2.45. The first-order chi connectivity index (χ1) is 37.7. The Hall–Kier alpha value is -10.0. The van der Waals surface area contributed by atoms with Crippen molar-refractivity contribution in [2.45, 2.75) is 0 Å². The number of para-hydroxylation sites is 2. The maximum atomic E-state index is 2.45. The molecule has 0 amide bonds. The SMILES string of the molecule is c1ccc(-c2cc(-c3ccccc3)cc(-c3ccc(N(c4ccc(-c5ccc(-c6cccc7ccccc67)cc5)cc4)c4cccc(-c5cc6ccccc6c6c5c5ccccc5n6-c5ccccc5)c4)cc3)c2)cc1. The normalized spacial score (nSPS) is 11.4. The highest BCUT2D eigenvalue weighted by molar-refractivity contribution is 6.24. The summed E-state index contributed by atoms with van der Waals surface area (Å²) in [4.78, 5) is 2.40. The average molecular weight is 967 g/mol. The topological polar surface area (TPSA) is 8.17 Å². The van der Waals surface area contributed by atoms with Crippen LogP contribution in [0, 0.1) is 0 Å². The Kier molecular flexibility index (Phi) is 11.2. The largest absolute Gasteiger partial charge is 0.310 e. The summed E-state index contributed by atoms with van der Waals surface area (Å²) in [6.45, 7) is 0. The van der Waals surface area contributed by atoms with Crippen LogP contribution in [0.1, 0.15) is 0 Å². The van der Waals surface area contributed by atoms with Crippen molar-refractivity contribution in [3.05, 3.63) is 303 Å². The highest BCUT2D eigenvalue weighted by Gasteiger charge is 2.21. The van der Waals surface area contributed by atoms with Crippen LogP contribution >= 0.6 is 0 Å². The van der Waals surface area contributed by atoms with Crippen LogP contribution in [0.3, 0.4) is 0 Å². The van der Waals surface area contributed by atoms with Gasteiger partial charge in [0.1, 0.15) is 0 Å². The van der Waals surface area contributed by atoms with E-state index < -0.39 is 0 Å². The second kappa shape index (κ2) is 19.1. The molecule has 13 aromatic carbocycles. The predicted octanol–water partition coefficient (Wildman–Crippen LogP) is 20.6. The molecule has 1 heterocycles. The third kappa shape index (κ3) is 8.10. The number of rotatable bonds is 10. The third-order valence-electron chi connectivity index (χ3n) is 15.1. The second-order valence-corrected chi connectivity index (χ2v) is 19.7. The van der Waals surface area contributed by atoms with E-state index in [2.05, 4.69) is 313 Å². The van der Waals surface area contributed by atoms with Crippen molar-refractivity contribution < 1.29 is 0 Å². The molecule has 0 aliphatic heterocycles. The summed E-state index contributed by atoms with van der Waals surface area (Å²) in [6.07, 6.45) is 0. The van der Waals surface area contributed by atoms with E-state index in [1.54, 1.807) is 0 Å². The first-order valence-electron chi connectivity index (χ1n) is 26.1. The Morgan fingerprint density at radius 3 is 1.32 bits per heavy atom. The lowest BCUT2D eigenvalue weighted by molar-refractivity contribution is 1.19. The van der Waals surface area contributed by atoms with Crippen LogP contribution in [0.5, 0.6) is 0 Å². The third-order valence-corrected chi connectivity index (χ3v) is 15.1. The Balaban J connectivity index is 0.901. The smallest absolute Gasteiger partial charge is 0.0625 e. The van der Waals surface area contributed by atoms with Gasteiger partial charge in [-0.05, 0) is 162 Å². The first-order valence-corrected chi connectivity index (χ1v) is 26.1. The van der Waals surface area contributed by atoms with Gasteiger partial charge >= 0.3 is 0 Å². The van der Waals surface area contributed by atoms with Crippen molar-refractivity contribution in [2.75, 3.05) is 4.90 Å². The molecule has 0 unspecified atom stereocenters. The van der Waals surface area contributed by atoms with Crippen molar-refractivity contribution >= 4 is 60.4 Å². The van der Waals surface area contributed by atoms with E-state index in [9.17, 15) is 0 Å². The molecule has 0 aliphatic rings. The fourth-order valence-corrected chi connectivity index (χ4v) is 11.5. The molecule has 14 rings (SSSR count). The van der Waals surface area contributed by atoms with E-state index in [1.165, 1.54) is 93.4 Å². The van der Waals surface area contributed by atoms with E-state index in [-0.39, 0.29) is 0 Å². The molecule has 0 aliphatic carbocycles. The lowest BCUT2D eigenvalue weighted by Gasteiger charge is -2.26. The zero-order chi connectivity index (χ0) is 50.4. The van der Waals surface area contributed by atoms with Gasteiger partial charge < -0.3 is 9.47 Å². The maximum absolute atomic E-state index is 2.45. The number of benzene rings is 13. The van der Waals surface area contributed by atoms with Crippen molar-refractivity contribution in [2.24, 2.45) is 0 Å². The molecular formula is C74H50N2. The van der Waals surface area contributed by atoms with Gasteiger partial charge in [0.05, 0.1) is 11.0 Å². The summed E-state index contributed by atoms with van der Waals surface area (Å²) < 4.78 is 2.45. The van der Waals surface area contributed by atoms with Crippen molar-refractivity contribution in [3.8, 4) is 72.4 Å². The van der Waals surface area contributed by atoms with E-state index in [1.807, 2.05) is 0 Å². The van der Waals surface area contributed by atoms with Crippen molar-refractivity contribution in [1.29, 1.82) is 0 Å². The molecule has 0 atom stereocenters. The van der Waals surface area contributed by atoms with Gasteiger partial charge in [-0.25, -0.2) is 0 Å². The number of aromatic nitrogens is 1. The fraction of sp³-hybridized carbons (Fsp3) is 0. The van der Waals surface area contributed by atoms with E-state index in [0.717, 1.165) is 39.4 Å². The van der Waals surface area contributed by atoms with Crippen LogP contribution in [0.15, 0.2) is 303 Å². The quantitative estimate of drug-likeness (QED) is 0.133. The van der Waals surface area contributed by atoms with E-state index >= 15 is 0 Å². The number of anilines is 3. The minimum absolute atomic E-state index is 1.07. The monoisotopic (exact) mass is 966 g/mol. The van der Waals surface area contributed by atoms with Crippen LogP contribution < -0.4 is 4.90 Å². The van der Waals surface area contributed by atoms with Gasteiger partial charge in [-0.15, -0.1) is 0 Å². The molecule has 1 aromatic heterocycles. The van der Waals surface area contributed by atoms with E-state index in [0.29, 0.717) is 0 Å². The van der Waals surface area contributed by atoms with Crippen LogP contribution in [-0.2, 0) is 0 Å². The summed E-state index contributed by atoms with van der Waals surface area (Å²) >= 11 is 0. The minimum atomic E-state index is 1.07. The summed E-state index contributed by atoms with van der Waals surface area (Å²) in [6, 6.07) is 111. The Labute approximate surface area is 443 Å². The predicted molar refractivity (Wildman–Crippen MR) is 323 cm³/mol. The van der Waals surface area contributed by atoms with Gasteiger partial charge in [-0.3, -0.25) is 0 Å². The zero-order valence-corrected chi connectivity index (χ0v) is 41.8. The molecule has 0 fully saturated rings. The standard InChI is InChI=1S/C74H50N2/c1-4-18-51(19-5-1)60-46-61(52-20-6-2-7-21-52)48-62(47-60)55-40-44-65(45-41-55)75(64-42-38-54(39-43-64)53-34-36-57(37-35-53)68-32-17-24-56-22-10-12-29-67(56)68)66-28-16-25-58(49-66)71-50-59-23-11-13-30-69(59)74-73(71)70-31-14-15-33-72(70)76(74)63-26-8-3-9-27-63/h1-50H. The van der Waals surface area contributed by atoms with Crippen molar-refractivity contribution in [3.63, 3.8) is 0 Å². The van der Waals surface area contributed by atoms with Crippen LogP contribution in [0.4, 0.5) is 17.1 Å². The lowest BCUT2D eigenvalue weighted by Crippen LogP contribution is -2.10. The van der Waals surface area contributed by atoms with Crippen LogP contribution in [0.2, 0.25) is 0 Å². The molecule has 0 radical (unpaired) electrons. The lowest BCUT2D eigenvalue weighted by atomic mass is 9.93. The highest BCUT2D eigenvalue weighted by atomic mass is 15.1. The molecule has 14 aromatic rings. The maximum Gasteiger partial charge on any atom is 0.0625 e. The molecule has 0 saturated heterocycles. The summed E-state index contributed by atoms with van der Waals surface area (Å²) in [7, 11) is 0. The number of nitrogens with zero attached hydrogens (tertiary/aromatic N) is 2.